The summed E-state index contributed by atoms with van der Waals surface area (Å²) in [6, 6.07) is 16.5. The van der Waals surface area contributed by atoms with E-state index in [-0.39, 0.29) is 33.9 Å². The Balaban J connectivity index is 1.28. The summed E-state index contributed by atoms with van der Waals surface area (Å²) in [4.78, 5) is 16.4. The molecule has 1 fully saturated rings. The Labute approximate surface area is 213 Å². The molecule has 1 saturated heterocycles. The molecular weight excluding hydrogens is 516 g/mol. The van der Waals surface area contributed by atoms with Gasteiger partial charge in [0.15, 0.2) is 6.61 Å². The summed E-state index contributed by atoms with van der Waals surface area (Å²) in [5.74, 6) is -0.0772. The fourth-order valence-corrected chi connectivity index (χ4v) is 4.94. The van der Waals surface area contributed by atoms with E-state index in [1.165, 1.54) is 54.6 Å². The minimum absolute atomic E-state index is 0.0270. The fourth-order valence-electron chi connectivity index (χ4n) is 3.59. The number of carbonyl (C=O) groups excluding carboxylic acids is 1. The molecule has 1 aliphatic heterocycles. The molecule has 0 atom stereocenters. The van der Waals surface area contributed by atoms with Crippen LogP contribution in [0.25, 0.3) is 0 Å². The minimum Gasteiger partial charge on any atom is -0.484 e. The molecule has 3 aromatic carbocycles. The quantitative estimate of drug-likeness (QED) is 0.474. The van der Waals surface area contributed by atoms with Gasteiger partial charge in [0, 0.05) is 31.9 Å². The maximum Gasteiger partial charge on any atom is 0.261 e. The zero-order valence-corrected chi connectivity index (χ0v) is 20.8. The van der Waals surface area contributed by atoms with Gasteiger partial charge in [-0.1, -0.05) is 23.2 Å². The minimum atomic E-state index is -3.85. The van der Waals surface area contributed by atoms with Crippen LogP contribution in [0, 0.1) is 5.82 Å². The first-order chi connectivity index (χ1) is 16.7. The van der Waals surface area contributed by atoms with Crippen LogP contribution >= 0.6 is 23.2 Å². The highest BCUT2D eigenvalue weighted by molar-refractivity contribution is 7.92. The van der Waals surface area contributed by atoms with Crippen LogP contribution in [0.3, 0.4) is 0 Å². The lowest BCUT2D eigenvalue weighted by atomic mass is 10.2. The largest absolute Gasteiger partial charge is 0.484 e. The first-order valence-corrected chi connectivity index (χ1v) is 12.9. The van der Waals surface area contributed by atoms with E-state index in [1.807, 2.05) is 0 Å². The number of anilines is 2. The van der Waals surface area contributed by atoms with Gasteiger partial charge in [0.25, 0.3) is 15.9 Å². The molecule has 1 amide bonds. The molecule has 0 spiro atoms. The Hall–Kier alpha value is -3.01. The molecule has 35 heavy (non-hydrogen) atoms. The molecule has 1 N–H and O–H groups in total. The third-order valence-corrected chi connectivity index (χ3v) is 7.63. The predicted molar refractivity (Wildman–Crippen MR) is 134 cm³/mol. The molecule has 0 aliphatic carbocycles. The van der Waals surface area contributed by atoms with Crippen molar-refractivity contribution in [1.29, 1.82) is 0 Å². The summed E-state index contributed by atoms with van der Waals surface area (Å²) in [5, 5.41) is 0.553. The monoisotopic (exact) mass is 537 g/mol. The molecule has 0 radical (unpaired) electrons. The van der Waals surface area contributed by atoms with E-state index >= 15 is 0 Å². The van der Waals surface area contributed by atoms with Gasteiger partial charge in [-0.25, -0.2) is 12.8 Å². The number of nitrogens with zero attached hydrogens (tertiary/aromatic N) is 2. The second-order valence-electron chi connectivity index (χ2n) is 7.84. The van der Waals surface area contributed by atoms with Crippen molar-refractivity contribution in [3.8, 4) is 5.75 Å². The highest BCUT2D eigenvalue weighted by Gasteiger charge is 2.22. The molecule has 0 saturated carbocycles. The summed E-state index contributed by atoms with van der Waals surface area (Å²) in [6.07, 6.45) is 0. The van der Waals surface area contributed by atoms with Crippen molar-refractivity contribution in [3.63, 3.8) is 0 Å². The fraction of sp³-hybridized carbons (Fsp3) is 0.208. The van der Waals surface area contributed by atoms with Crippen molar-refractivity contribution in [2.24, 2.45) is 0 Å². The predicted octanol–water partition coefficient (Wildman–Crippen LogP) is 4.66. The Bertz CT molecular complexity index is 1300. The van der Waals surface area contributed by atoms with Crippen LogP contribution in [0.4, 0.5) is 15.8 Å². The second kappa shape index (κ2) is 10.7. The number of ether oxygens (including phenoxy) is 1. The zero-order chi connectivity index (χ0) is 25.0. The Morgan fingerprint density at radius 1 is 0.914 bits per heavy atom. The number of hydrogen-bond donors (Lipinski definition) is 1. The number of carbonyl (C=O) groups is 1. The lowest BCUT2D eigenvalue weighted by Crippen LogP contribution is -2.50. The Morgan fingerprint density at radius 3 is 2.20 bits per heavy atom. The van der Waals surface area contributed by atoms with Crippen LogP contribution < -0.4 is 14.4 Å². The van der Waals surface area contributed by atoms with E-state index in [4.69, 9.17) is 27.9 Å². The standard InChI is InChI=1S/C24H22Cl2FN3O4S/c25-22-10-3-18(15-23(22)26)28-35(32,33)21-8-6-20(7-9-21)34-16-24(31)30-13-11-29(12-14-30)19-4-1-17(27)2-5-19/h1-10,15,28H,11-14,16H2. The molecule has 0 bridgehead atoms. The van der Waals surface area contributed by atoms with Crippen LogP contribution in [0.15, 0.2) is 71.6 Å². The van der Waals surface area contributed by atoms with Gasteiger partial charge in [-0.05, 0) is 66.7 Å². The van der Waals surface area contributed by atoms with Gasteiger partial charge in [-0.2, -0.15) is 0 Å². The van der Waals surface area contributed by atoms with Crippen molar-refractivity contribution >= 4 is 50.5 Å². The number of hydrogen-bond acceptors (Lipinski definition) is 5. The smallest absolute Gasteiger partial charge is 0.261 e. The number of rotatable bonds is 7. The number of nitrogens with one attached hydrogen (secondary N) is 1. The number of benzene rings is 3. The van der Waals surface area contributed by atoms with Gasteiger partial charge < -0.3 is 14.5 Å². The second-order valence-corrected chi connectivity index (χ2v) is 10.3. The van der Waals surface area contributed by atoms with Crippen molar-refractivity contribution in [2.45, 2.75) is 4.90 Å². The highest BCUT2D eigenvalue weighted by Crippen LogP contribution is 2.27. The molecule has 4 rings (SSSR count). The molecule has 1 heterocycles. The highest BCUT2D eigenvalue weighted by atomic mass is 35.5. The number of sulfonamides is 1. The lowest BCUT2D eigenvalue weighted by Gasteiger charge is -2.36. The van der Waals surface area contributed by atoms with Gasteiger partial charge in [0.1, 0.15) is 11.6 Å². The van der Waals surface area contributed by atoms with Crippen molar-refractivity contribution in [2.75, 3.05) is 42.4 Å². The molecule has 0 aromatic heterocycles. The van der Waals surface area contributed by atoms with Gasteiger partial charge in [-0.3, -0.25) is 9.52 Å². The van der Waals surface area contributed by atoms with Crippen LogP contribution in [0.2, 0.25) is 10.0 Å². The van der Waals surface area contributed by atoms with Gasteiger partial charge in [0.2, 0.25) is 0 Å². The normalized spacial score (nSPS) is 14.0. The molecule has 1 aliphatic rings. The first kappa shape index (κ1) is 25.1. The molecule has 3 aromatic rings. The third-order valence-electron chi connectivity index (χ3n) is 5.49. The van der Waals surface area contributed by atoms with Crippen LogP contribution in [-0.2, 0) is 14.8 Å². The average Bonchev–Trinajstić information content (AvgIpc) is 2.85. The molecule has 7 nitrogen and oxygen atoms in total. The lowest BCUT2D eigenvalue weighted by molar-refractivity contribution is -0.133. The molecule has 184 valence electrons. The number of halogens is 3. The summed E-state index contributed by atoms with van der Waals surface area (Å²) in [7, 11) is -3.85. The average molecular weight is 538 g/mol. The van der Waals surface area contributed by atoms with Crippen LogP contribution in [0.1, 0.15) is 0 Å². The van der Waals surface area contributed by atoms with Crippen LogP contribution in [-0.4, -0.2) is 52.0 Å². The van der Waals surface area contributed by atoms with Crippen LogP contribution in [0.5, 0.6) is 5.75 Å². The number of piperazine rings is 1. The van der Waals surface area contributed by atoms with E-state index in [2.05, 4.69) is 9.62 Å². The topological polar surface area (TPSA) is 78.9 Å². The molecular formula is C24H22Cl2FN3O4S. The van der Waals surface area contributed by atoms with Gasteiger partial charge in [0.05, 0.1) is 20.6 Å². The molecule has 0 unspecified atom stereocenters. The van der Waals surface area contributed by atoms with E-state index < -0.39 is 10.0 Å². The van der Waals surface area contributed by atoms with Gasteiger partial charge in [-0.15, -0.1) is 0 Å². The maximum absolute atomic E-state index is 13.1. The number of amides is 1. The van der Waals surface area contributed by atoms with E-state index in [0.717, 1.165) is 5.69 Å². The van der Waals surface area contributed by atoms with E-state index in [0.29, 0.717) is 37.0 Å². The Morgan fingerprint density at radius 2 is 1.57 bits per heavy atom. The summed E-state index contributed by atoms with van der Waals surface area (Å²) in [5.41, 5.74) is 1.20. The van der Waals surface area contributed by atoms with E-state index in [9.17, 15) is 17.6 Å². The van der Waals surface area contributed by atoms with Crippen molar-refractivity contribution in [1.82, 2.24) is 4.90 Å². The van der Waals surface area contributed by atoms with Crippen molar-refractivity contribution in [3.05, 3.63) is 82.6 Å². The van der Waals surface area contributed by atoms with E-state index in [1.54, 1.807) is 17.0 Å². The maximum atomic E-state index is 13.1. The third kappa shape index (κ3) is 6.36. The SMILES string of the molecule is O=C(COc1ccc(S(=O)(=O)Nc2ccc(Cl)c(Cl)c2)cc1)N1CCN(c2ccc(F)cc2)CC1. The summed E-state index contributed by atoms with van der Waals surface area (Å²) < 4.78 is 46.4. The summed E-state index contributed by atoms with van der Waals surface area (Å²) in [6.45, 7) is 2.16. The van der Waals surface area contributed by atoms with Gasteiger partial charge >= 0.3 is 0 Å². The Kier molecular flexibility index (Phi) is 7.69. The molecule has 11 heteroatoms. The van der Waals surface area contributed by atoms with Crippen molar-refractivity contribution < 1.29 is 22.3 Å². The summed E-state index contributed by atoms with van der Waals surface area (Å²) >= 11 is 11.8. The zero-order valence-electron chi connectivity index (χ0n) is 18.5. The first-order valence-electron chi connectivity index (χ1n) is 10.7.